The van der Waals surface area contributed by atoms with Gasteiger partial charge in [-0.05, 0) is 37.0 Å². The Bertz CT molecular complexity index is 686. The van der Waals surface area contributed by atoms with Crippen LogP contribution in [0.5, 0.6) is 0 Å². The van der Waals surface area contributed by atoms with Gasteiger partial charge in [-0.15, -0.1) is 11.3 Å². The van der Waals surface area contributed by atoms with Crippen LogP contribution in [0.3, 0.4) is 0 Å². The van der Waals surface area contributed by atoms with Gasteiger partial charge >= 0.3 is 0 Å². The van der Waals surface area contributed by atoms with Crippen molar-refractivity contribution in [3.63, 3.8) is 0 Å². The Morgan fingerprint density at radius 2 is 2.14 bits per heavy atom. The quantitative estimate of drug-likeness (QED) is 0.948. The van der Waals surface area contributed by atoms with Crippen LogP contribution in [0, 0.1) is 0 Å². The van der Waals surface area contributed by atoms with Crippen molar-refractivity contribution in [2.75, 3.05) is 19.4 Å². The Labute approximate surface area is 126 Å². The average molecular weight is 304 g/mol. The Morgan fingerprint density at radius 3 is 2.81 bits per heavy atom. The standard InChI is InChI=1S/C15H16N2O3S/c1-17(2)15(19)12-9-5-3-7-11(9)21-14(12)16-13(18)10-6-4-8-20-10/h4,6,8H,3,5,7H2,1-2H3,(H,16,18). The van der Waals surface area contributed by atoms with E-state index < -0.39 is 0 Å². The molecule has 0 bridgehead atoms. The molecular weight excluding hydrogens is 288 g/mol. The Morgan fingerprint density at radius 1 is 1.33 bits per heavy atom. The lowest BCUT2D eigenvalue weighted by molar-refractivity contribution is 0.0828. The first kappa shape index (κ1) is 13.9. The summed E-state index contributed by atoms with van der Waals surface area (Å²) in [6.07, 6.45) is 4.40. The summed E-state index contributed by atoms with van der Waals surface area (Å²) < 4.78 is 5.09. The lowest BCUT2D eigenvalue weighted by Crippen LogP contribution is -2.24. The summed E-state index contributed by atoms with van der Waals surface area (Å²) in [5.74, 6) is -0.149. The number of carbonyl (C=O) groups is 2. The van der Waals surface area contributed by atoms with Crippen LogP contribution in [-0.4, -0.2) is 30.8 Å². The highest BCUT2D eigenvalue weighted by atomic mass is 32.1. The zero-order valence-corrected chi connectivity index (χ0v) is 12.8. The van der Waals surface area contributed by atoms with E-state index in [2.05, 4.69) is 5.32 Å². The number of furan rings is 1. The van der Waals surface area contributed by atoms with Crippen molar-refractivity contribution >= 4 is 28.2 Å². The van der Waals surface area contributed by atoms with E-state index in [-0.39, 0.29) is 17.6 Å². The van der Waals surface area contributed by atoms with Crippen LogP contribution < -0.4 is 5.32 Å². The average Bonchev–Trinajstić information content (AvgIpc) is 3.14. The van der Waals surface area contributed by atoms with E-state index in [1.54, 1.807) is 31.1 Å². The summed E-state index contributed by atoms with van der Waals surface area (Å²) in [6.45, 7) is 0. The molecule has 2 aromatic rings. The van der Waals surface area contributed by atoms with Gasteiger partial charge in [0, 0.05) is 19.0 Å². The van der Waals surface area contributed by atoms with E-state index in [1.165, 1.54) is 22.5 Å². The number of hydrogen-bond acceptors (Lipinski definition) is 4. The number of thiophene rings is 1. The number of rotatable bonds is 3. The zero-order chi connectivity index (χ0) is 15.0. The number of aryl methyl sites for hydroxylation is 1. The monoisotopic (exact) mass is 304 g/mol. The fourth-order valence-corrected chi connectivity index (χ4v) is 3.79. The predicted molar refractivity (Wildman–Crippen MR) is 81.0 cm³/mol. The number of anilines is 1. The molecule has 3 rings (SSSR count). The molecule has 5 nitrogen and oxygen atoms in total. The van der Waals surface area contributed by atoms with Crippen molar-refractivity contribution in [1.29, 1.82) is 0 Å². The van der Waals surface area contributed by atoms with Crippen molar-refractivity contribution in [2.24, 2.45) is 0 Å². The van der Waals surface area contributed by atoms with Gasteiger partial charge in [0.05, 0.1) is 11.8 Å². The Kier molecular flexibility index (Phi) is 3.55. The minimum Gasteiger partial charge on any atom is -0.459 e. The molecule has 0 saturated heterocycles. The van der Waals surface area contributed by atoms with E-state index in [4.69, 9.17) is 4.42 Å². The van der Waals surface area contributed by atoms with E-state index in [1.807, 2.05) is 0 Å². The van der Waals surface area contributed by atoms with Gasteiger partial charge in [-0.3, -0.25) is 9.59 Å². The molecule has 1 aliphatic rings. The summed E-state index contributed by atoms with van der Waals surface area (Å²) in [5.41, 5.74) is 1.73. The molecule has 0 aliphatic heterocycles. The van der Waals surface area contributed by atoms with Gasteiger partial charge in [-0.2, -0.15) is 0 Å². The van der Waals surface area contributed by atoms with Gasteiger partial charge in [0.25, 0.3) is 11.8 Å². The maximum absolute atomic E-state index is 12.4. The number of fused-ring (bicyclic) bond motifs is 1. The number of hydrogen-bond donors (Lipinski definition) is 1. The fraction of sp³-hybridized carbons (Fsp3) is 0.333. The molecule has 0 spiro atoms. The van der Waals surface area contributed by atoms with Gasteiger partial charge < -0.3 is 14.6 Å². The third kappa shape index (κ3) is 2.47. The molecule has 0 unspecified atom stereocenters. The topological polar surface area (TPSA) is 62.6 Å². The molecular formula is C15H16N2O3S. The third-order valence-corrected chi connectivity index (χ3v) is 4.72. The van der Waals surface area contributed by atoms with Gasteiger partial charge in [0.1, 0.15) is 5.00 Å². The number of nitrogens with one attached hydrogen (secondary N) is 1. The molecule has 0 fully saturated rings. The Hall–Kier alpha value is -2.08. The molecule has 2 amide bonds. The number of carbonyl (C=O) groups excluding carboxylic acids is 2. The largest absolute Gasteiger partial charge is 0.459 e. The summed E-state index contributed by atoms with van der Waals surface area (Å²) in [7, 11) is 3.44. The highest BCUT2D eigenvalue weighted by Crippen LogP contribution is 2.39. The number of amides is 2. The molecule has 0 atom stereocenters. The van der Waals surface area contributed by atoms with Crippen LogP contribution in [0.1, 0.15) is 37.8 Å². The summed E-state index contributed by atoms with van der Waals surface area (Å²) in [4.78, 5) is 27.3. The van der Waals surface area contributed by atoms with Gasteiger partial charge in [0.15, 0.2) is 5.76 Å². The van der Waals surface area contributed by atoms with Gasteiger partial charge in [0.2, 0.25) is 0 Å². The summed E-state index contributed by atoms with van der Waals surface area (Å²) >= 11 is 1.50. The highest BCUT2D eigenvalue weighted by Gasteiger charge is 2.28. The first-order valence-corrected chi connectivity index (χ1v) is 7.60. The molecule has 2 aromatic heterocycles. The van der Waals surface area contributed by atoms with E-state index in [0.717, 1.165) is 24.8 Å². The predicted octanol–water partition coefficient (Wildman–Crippen LogP) is 2.78. The fourth-order valence-electron chi connectivity index (χ4n) is 2.51. The first-order chi connectivity index (χ1) is 10.1. The van der Waals surface area contributed by atoms with Crippen molar-refractivity contribution in [2.45, 2.75) is 19.3 Å². The van der Waals surface area contributed by atoms with Crippen LogP contribution in [0.15, 0.2) is 22.8 Å². The summed E-state index contributed by atoms with van der Waals surface area (Å²) in [5, 5.41) is 3.44. The SMILES string of the molecule is CN(C)C(=O)c1c(NC(=O)c2ccco2)sc2c1CCC2. The van der Waals surface area contributed by atoms with Crippen molar-refractivity contribution < 1.29 is 14.0 Å². The highest BCUT2D eigenvalue weighted by molar-refractivity contribution is 7.17. The second kappa shape index (κ2) is 5.37. The van der Waals surface area contributed by atoms with Gasteiger partial charge in [-0.25, -0.2) is 0 Å². The maximum Gasteiger partial charge on any atom is 0.291 e. The lowest BCUT2D eigenvalue weighted by atomic mass is 10.1. The van der Waals surface area contributed by atoms with E-state index in [9.17, 15) is 9.59 Å². The molecule has 2 heterocycles. The normalized spacial score (nSPS) is 13.0. The molecule has 21 heavy (non-hydrogen) atoms. The maximum atomic E-state index is 12.4. The number of nitrogens with zero attached hydrogens (tertiary/aromatic N) is 1. The van der Waals surface area contributed by atoms with Crippen LogP contribution in [-0.2, 0) is 12.8 Å². The second-order valence-corrected chi connectivity index (χ2v) is 6.30. The Balaban J connectivity index is 1.95. The first-order valence-electron chi connectivity index (χ1n) is 6.79. The third-order valence-electron chi connectivity index (χ3n) is 3.51. The van der Waals surface area contributed by atoms with Crippen LogP contribution >= 0.6 is 11.3 Å². The molecule has 1 N–H and O–H groups in total. The van der Waals surface area contributed by atoms with Crippen LogP contribution in [0.4, 0.5) is 5.00 Å². The van der Waals surface area contributed by atoms with Crippen molar-refractivity contribution in [3.8, 4) is 0 Å². The zero-order valence-electron chi connectivity index (χ0n) is 11.9. The van der Waals surface area contributed by atoms with Crippen LogP contribution in [0.2, 0.25) is 0 Å². The minimum absolute atomic E-state index is 0.0656. The minimum atomic E-state index is -0.326. The second-order valence-electron chi connectivity index (χ2n) is 5.19. The molecule has 0 radical (unpaired) electrons. The van der Waals surface area contributed by atoms with E-state index >= 15 is 0 Å². The lowest BCUT2D eigenvalue weighted by Gasteiger charge is -2.12. The molecule has 110 valence electrons. The van der Waals surface area contributed by atoms with Gasteiger partial charge in [-0.1, -0.05) is 0 Å². The molecule has 0 saturated carbocycles. The van der Waals surface area contributed by atoms with E-state index in [0.29, 0.717) is 10.6 Å². The van der Waals surface area contributed by atoms with Crippen LogP contribution in [0.25, 0.3) is 0 Å². The molecule has 0 aromatic carbocycles. The van der Waals surface area contributed by atoms with Crippen molar-refractivity contribution in [3.05, 3.63) is 40.2 Å². The van der Waals surface area contributed by atoms with Crippen molar-refractivity contribution in [1.82, 2.24) is 4.90 Å². The summed E-state index contributed by atoms with van der Waals surface area (Å²) in [6, 6.07) is 3.26. The smallest absolute Gasteiger partial charge is 0.291 e. The molecule has 1 aliphatic carbocycles. The molecule has 6 heteroatoms.